The van der Waals surface area contributed by atoms with Gasteiger partial charge in [0.25, 0.3) is 5.92 Å². The van der Waals surface area contributed by atoms with Gasteiger partial charge in [0.2, 0.25) is 0 Å². The first-order valence-corrected chi connectivity index (χ1v) is 2.67. The Kier molecular flexibility index (Phi) is 1.45. The first-order valence-electron chi connectivity index (χ1n) is 2.67. The Labute approximate surface area is 58.2 Å². The molecule has 0 nitrogen and oxygen atoms in total. The van der Waals surface area contributed by atoms with Crippen molar-refractivity contribution in [1.29, 1.82) is 0 Å². The van der Waals surface area contributed by atoms with Gasteiger partial charge in [-0.05, 0) is 0 Å². The minimum absolute atomic E-state index is 0.903. The summed E-state index contributed by atoms with van der Waals surface area (Å²) < 4.78 is 71.6. The van der Waals surface area contributed by atoms with Crippen LogP contribution in [-0.4, -0.2) is 17.8 Å². The molecule has 1 fully saturated rings. The van der Waals surface area contributed by atoms with E-state index in [2.05, 4.69) is 0 Å². The van der Waals surface area contributed by atoms with Crippen LogP contribution in [0, 0.1) is 6.42 Å². The first kappa shape index (κ1) is 8.67. The maximum absolute atomic E-state index is 12.0. The summed E-state index contributed by atoms with van der Waals surface area (Å²) in [6.45, 7) is 0. The Morgan fingerprint density at radius 1 is 0.909 bits per heavy atom. The van der Waals surface area contributed by atoms with Crippen LogP contribution in [0.2, 0.25) is 0 Å². The van der Waals surface area contributed by atoms with Crippen molar-refractivity contribution in [3.05, 3.63) is 6.42 Å². The van der Waals surface area contributed by atoms with Gasteiger partial charge < -0.3 is 0 Å². The molecular weight excluding hydrogens is 174 g/mol. The van der Waals surface area contributed by atoms with Crippen LogP contribution < -0.4 is 0 Å². The zero-order valence-electron chi connectivity index (χ0n) is 5.05. The molecule has 0 amide bonds. The maximum Gasteiger partial charge on any atom is 0.319 e. The molecule has 1 rings (SSSR count). The molecule has 0 atom stereocenters. The summed E-state index contributed by atoms with van der Waals surface area (Å²) in [6.07, 6.45) is -3.01. The molecule has 0 aromatic heterocycles. The molecule has 65 valence electrons. The summed E-state index contributed by atoms with van der Waals surface area (Å²) in [5.74, 6) is -13.4. The monoisotopic (exact) mass is 177 g/mol. The number of rotatable bonds is 0. The third-order valence-corrected chi connectivity index (χ3v) is 1.34. The Morgan fingerprint density at radius 2 is 1.36 bits per heavy atom. The van der Waals surface area contributed by atoms with E-state index in [4.69, 9.17) is 0 Å². The quantitative estimate of drug-likeness (QED) is 0.498. The van der Waals surface area contributed by atoms with Crippen LogP contribution in [0.3, 0.4) is 0 Å². The molecule has 0 aromatic carbocycles. The SMILES string of the molecule is FC1(F)[CH]C(F)(F)C(F)(F)C1. The van der Waals surface area contributed by atoms with Crippen LogP contribution in [0.25, 0.3) is 0 Å². The lowest BCUT2D eigenvalue weighted by Crippen LogP contribution is -2.34. The van der Waals surface area contributed by atoms with Crippen LogP contribution in [-0.2, 0) is 0 Å². The molecule has 1 aliphatic rings. The summed E-state index contributed by atoms with van der Waals surface area (Å²) >= 11 is 0. The van der Waals surface area contributed by atoms with Gasteiger partial charge in [0.1, 0.15) is 6.42 Å². The largest absolute Gasteiger partial charge is 0.319 e. The normalized spacial score (nSPS) is 32.2. The highest BCUT2D eigenvalue weighted by Crippen LogP contribution is 2.53. The standard InChI is InChI=1S/C5H3F6/c6-3(7)1-4(8,9)5(10,11)2-3/h1H,2H2. The van der Waals surface area contributed by atoms with E-state index in [1.54, 1.807) is 0 Å². The maximum atomic E-state index is 12.0. The lowest BCUT2D eigenvalue weighted by molar-refractivity contribution is -0.172. The lowest BCUT2D eigenvalue weighted by Gasteiger charge is -2.15. The molecule has 11 heavy (non-hydrogen) atoms. The molecule has 1 saturated carbocycles. The second-order valence-corrected chi connectivity index (χ2v) is 2.41. The second kappa shape index (κ2) is 1.84. The van der Waals surface area contributed by atoms with Gasteiger partial charge in [-0.15, -0.1) is 0 Å². The van der Waals surface area contributed by atoms with Crippen molar-refractivity contribution in [1.82, 2.24) is 0 Å². The van der Waals surface area contributed by atoms with Crippen LogP contribution in [0.4, 0.5) is 26.3 Å². The topological polar surface area (TPSA) is 0 Å². The van der Waals surface area contributed by atoms with Crippen molar-refractivity contribution < 1.29 is 26.3 Å². The molecule has 0 saturated heterocycles. The minimum Gasteiger partial charge on any atom is -0.206 e. The van der Waals surface area contributed by atoms with Crippen LogP contribution >= 0.6 is 0 Å². The predicted octanol–water partition coefficient (Wildman–Crippen LogP) is 2.50. The van der Waals surface area contributed by atoms with E-state index in [-0.39, 0.29) is 0 Å². The molecule has 6 heteroatoms. The van der Waals surface area contributed by atoms with Crippen molar-refractivity contribution in [3.63, 3.8) is 0 Å². The van der Waals surface area contributed by atoms with Gasteiger partial charge in [0.15, 0.2) is 0 Å². The second-order valence-electron chi connectivity index (χ2n) is 2.41. The highest BCUT2D eigenvalue weighted by atomic mass is 19.3. The summed E-state index contributed by atoms with van der Waals surface area (Å²) in [6, 6.07) is 0. The Morgan fingerprint density at radius 3 is 1.45 bits per heavy atom. The zero-order chi connectivity index (χ0) is 8.91. The van der Waals surface area contributed by atoms with E-state index in [9.17, 15) is 26.3 Å². The highest BCUT2D eigenvalue weighted by molar-refractivity contribution is 5.13. The average Bonchev–Trinajstić information content (AvgIpc) is 1.66. The van der Waals surface area contributed by atoms with Gasteiger partial charge in [0.05, 0.1) is 6.42 Å². The smallest absolute Gasteiger partial charge is 0.206 e. The van der Waals surface area contributed by atoms with Crippen molar-refractivity contribution in [2.75, 3.05) is 0 Å². The molecule has 0 N–H and O–H groups in total. The number of halogens is 6. The van der Waals surface area contributed by atoms with E-state index in [0.29, 0.717) is 0 Å². The molecule has 0 bridgehead atoms. The number of hydrogen-bond acceptors (Lipinski definition) is 0. The third-order valence-electron chi connectivity index (χ3n) is 1.34. The summed E-state index contributed by atoms with van der Waals surface area (Å²) in [5, 5.41) is 0. The highest BCUT2D eigenvalue weighted by Gasteiger charge is 2.70. The molecule has 1 radical (unpaired) electrons. The van der Waals surface area contributed by atoms with E-state index in [0.717, 1.165) is 0 Å². The number of hydrogen-bond donors (Lipinski definition) is 0. The Balaban J connectivity index is 2.89. The fourth-order valence-electron chi connectivity index (χ4n) is 0.836. The molecule has 0 unspecified atom stereocenters. The predicted molar refractivity (Wildman–Crippen MR) is 23.8 cm³/mol. The van der Waals surface area contributed by atoms with E-state index >= 15 is 0 Å². The van der Waals surface area contributed by atoms with Crippen molar-refractivity contribution in [3.8, 4) is 0 Å². The van der Waals surface area contributed by atoms with Crippen LogP contribution in [0.15, 0.2) is 0 Å². The van der Waals surface area contributed by atoms with Crippen LogP contribution in [0.5, 0.6) is 0 Å². The molecular formula is C5H3F6. The lowest BCUT2D eigenvalue weighted by atomic mass is 10.2. The Bertz CT molecular complexity index is 154. The molecule has 0 spiro atoms. The van der Waals surface area contributed by atoms with Crippen LogP contribution in [0.1, 0.15) is 6.42 Å². The average molecular weight is 177 g/mol. The Hall–Kier alpha value is -0.420. The van der Waals surface area contributed by atoms with E-state index in [1.807, 2.05) is 0 Å². The minimum atomic E-state index is -4.68. The molecule has 0 aliphatic heterocycles. The van der Waals surface area contributed by atoms with Gasteiger partial charge in [-0.3, -0.25) is 0 Å². The summed E-state index contributed by atoms with van der Waals surface area (Å²) in [5.41, 5.74) is 0. The van der Waals surface area contributed by atoms with Gasteiger partial charge in [-0.2, -0.15) is 17.6 Å². The molecule has 1 aliphatic carbocycles. The van der Waals surface area contributed by atoms with Crippen molar-refractivity contribution in [2.24, 2.45) is 0 Å². The summed E-state index contributed by atoms with van der Waals surface area (Å²) in [7, 11) is 0. The number of alkyl halides is 6. The third kappa shape index (κ3) is 1.30. The molecule has 0 aromatic rings. The van der Waals surface area contributed by atoms with Crippen molar-refractivity contribution >= 4 is 0 Å². The fourth-order valence-corrected chi connectivity index (χ4v) is 0.836. The van der Waals surface area contributed by atoms with Crippen molar-refractivity contribution in [2.45, 2.75) is 24.2 Å². The van der Waals surface area contributed by atoms with Gasteiger partial charge in [0, 0.05) is 0 Å². The summed E-state index contributed by atoms with van der Waals surface area (Å²) in [4.78, 5) is 0. The van der Waals surface area contributed by atoms with E-state index in [1.165, 1.54) is 0 Å². The molecule has 0 heterocycles. The first-order chi connectivity index (χ1) is 4.66. The van der Waals surface area contributed by atoms with Gasteiger partial charge in [-0.25, -0.2) is 8.78 Å². The zero-order valence-corrected chi connectivity index (χ0v) is 5.05. The fraction of sp³-hybridized carbons (Fsp3) is 0.800. The van der Waals surface area contributed by atoms with Gasteiger partial charge >= 0.3 is 11.8 Å². The van der Waals surface area contributed by atoms with E-state index < -0.39 is 30.6 Å². The van der Waals surface area contributed by atoms with Gasteiger partial charge in [-0.1, -0.05) is 0 Å².